The van der Waals surface area contributed by atoms with Crippen LogP contribution in [0.25, 0.3) is 17.0 Å². The van der Waals surface area contributed by atoms with Gasteiger partial charge in [0, 0.05) is 11.6 Å². The molecule has 1 N–H and O–H groups in total. The van der Waals surface area contributed by atoms with Crippen LogP contribution < -0.4 is 5.43 Å². The molecule has 0 atom stereocenters. The number of halogens is 1. The number of benzene rings is 2. The fourth-order valence-electron chi connectivity index (χ4n) is 2.71. The van der Waals surface area contributed by atoms with Crippen LogP contribution in [-0.2, 0) is 4.79 Å². The normalized spacial score (nSPS) is 11.1. The number of thioether (sulfide) groups is 1. The lowest BCUT2D eigenvalue weighted by atomic mass is 10.1. The smallest absolute Gasteiger partial charge is 0.288 e. The number of furan rings is 1. The molecule has 0 saturated heterocycles. The first-order chi connectivity index (χ1) is 16.0. The van der Waals surface area contributed by atoms with Gasteiger partial charge in [-0.3, -0.25) is 14.9 Å². The number of hydrazone groups is 1. The van der Waals surface area contributed by atoms with Crippen LogP contribution in [0, 0.1) is 10.1 Å². The number of para-hydroxylation sites is 1. The molecular formula is C20H14ClN7O4S. The molecule has 13 heteroatoms. The zero-order valence-corrected chi connectivity index (χ0v) is 18.2. The Hall–Kier alpha value is -4.03. The summed E-state index contributed by atoms with van der Waals surface area (Å²) in [6.45, 7) is 0. The summed E-state index contributed by atoms with van der Waals surface area (Å²) in [5.41, 5.74) is 3.45. The van der Waals surface area contributed by atoms with Crippen molar-refractivity contribution in [3.63, 3.8) is 0 Å². The zero-order valence-electron chi connectivity index (χ0n) is 16.7. The molecule has 1 amide bonds. The molecule has 0 aliphatic carbocycles. The van der Waals surface area contributed by atoms with E-state index in [0.29, 0.717) is 22.2 Å². The molecule has 33 heavy (non-hydrogen) atoms. The Labute approximate surface area is 195 Å². The summed E-state index contributed by atoms with van der Waals surface area (Å²) < 4.78 is 7.14. The van der Waals surface area contributed by atoms with Gasteiger partial charge in [-0.15, -0.1) is 5.10 Å². The van der Waals surface area contributed by atoms with Gasteiger partial charge >= 0.3 is 0 Å². The van der Waals surface area contributed by atoms with Crippen LogP contribution in [0.15, 0.2) is 75.3 Å². The number of nitro groups is 1. The van der Waals surface area contributed by atoms with E-state index in [0.717, 1.165) is 17.4 Å². The summed E-state index contributed by atoms with van der Waals surface area (Å²) in [6, 6.07) is 16.9. The predicted molar refractivity (Wildman–Crippen MR) is 121 cm³/mol. The maximum Gasteiger partial charge on any atom is 0.288 e. The molecule has 0 unspecified atom stereocenters. The van der Waals surface area contributed by atoms with Gasteiger partial charge < -0.3 is 4.42 Å². The minimum absolute atomic E-state index is 0.0375. The second kappa shape index (κ2) is 10.1. The molecule has 4 aromatic rings. The second-order valence-electron chi connectivity index (χ2n) is 6.42. The maximum absolute atomic E-state index is 12.1. The zero-order chi connectivity index (χ0) is 23.2. The molecular weight excluding hydrogens is 470 g/mol. The first-order valence-corrected chi connectivity index (χ1v) is 10.7. The van der Waals surface area contributed by atoms with E-state index in [1.165, 1.54) is 23.0 Å². The van der Waals surface area contributed by atoms with Crippen molar-refractivity contribution in [2.45, 2.75) is 5.16 Å². The average Bonchev–Trinajstić information content (AvgIpc) is 3.48. The number of hydrogen-bond donors (Lipinski definition) is 1. The van der Waals surface area contributed by atoms with E-state index in [9.17, 15) is 14.9 Å². The molecule has 2 heterocycles. The predicted octanol–water partition coefficient (Wildman–Crippen LogP) is 3.73. The number of amides is 1. The molecule has 2 aromatic carbocycles. The molecule has 2 aromatic heterocycles. The Kier molecular flexibility index (Phi) is 6.76. The Balaban J connectivity index is 1.33. The standard InChI is InChI=1S/C20H14ClN7O4S/c21-16-8-6-13(10-17(16)28(30)31)18-9-7-15(32-18)11-22-23-19(29)12-33-20-24-25-26-27(20)14-4-2-1-3-5-14/h1-11H,12H2,(H,23,29)/b22-11-. The Morgan fingerprint density at radius 3 is 2.85 bits per heavy atom. The summed E-state index contributed by atoms with van der Waals surface area (Å²) in [5, 5.41) is 26.9. The van der Waals surface area contributed by atoms with Crippen LogP contribution in [0.1, 0.15) is 5.76 Å². The van der Waals surface area contributed by atoms with Gasteiger partial charge in [0.25, 0.3) is 11.6 Å². The minimum Gasteiger partial charge on any atom is -0.455 e. The van der Waals surface area contributed by atoms with E-state index in [2.05, 4.69) is 26.1 Å². The molecule has 0 radical (unpaired) electrons. The first-order valence-electron chi connectivity index (χ1n) is 9.34. The van der Waals surface area contributed by atoms with Crippen molar-refractivity contribution in [2.75, 3.05) is 5.75 Å². The lowest BCUT2D eigenvalue weighted by Crippen LogP contribution is -2.19. The summed E-state index contributed by atoms with van der Waals surface area (Å²) >= 11 is 6.99. The number of nitrogens with zero attached hydrogens (tertiary/aromatic N) is 6. The number of carbonyl (C=O) groups is 1. The highest BCUT2D eigenvalue weighted by molar-refractivity contribution is 7.99. The summed E-state index contributed by atoms with van der Waals surface area (Å²) in [6.07, 6.45) is 1.32. The summed E-state index contributed by atoms with van der Waals surface area (Å²) in [4.78, 5) is 22.6. The van der Waals surface area contributed by atoms with Gasteiger partial charge in [0.1, 0.15) is 16.5 Å². The van der Waals surface area contributed by atoms with Gasteiger partial charge in [0.05, 0.1) is 22.6 Å². The van der Waals surface area contributed by atoms with Gasteiger partial charge in [-0.1, -0.05) is 41.6 Å². The summed E-state index contributed by atoms with van der Waals surface area (Å²) in [7, 11) is 0. The molecule has 0 saturated carbocycles. The molecule has 0 spiro atoms. The van der Waals surface area contributed by atoms with E-state index < -0.39 is 4.92 Å². The average molecular weight is 484 g/mol. The van der Waals surface area contributed by atoms with Crippen molar-refractivity contribution in [2.24, 2.45) is 5.10 Å². The van der Waals surface area contributed by atoms with Gasteiger partial charge in [-0.2, -0.15) is 9.78 Å². The van der Waals surface area contributed by atoms with Crippen LogP contribution in [0.5, 0.6) is 0 Å². The number of nitro benzene ring substituents is 1. The van der Waals surface area contributed by atoms with E-state index in [1.807, 2.05) is 30.3 Å². The lowest BCUT2D eigenvalue weighted by Gasteiger charge is -2.03. The highest BCUT2D eigenvalue weighted by Gasteiger charge is 2.15. The Morgan fingerprint density at radius 2 is 2.06 bits per heavy atom. The van der Waals surface area contributed by atoms with Crippen LogP contribution in [0.3, 0.4) is 0 Å². The number of hydrogen-bond acceptors (Lipinski definition) is 9. The topological polar surface area (TPSA) is 141 Å². The van der Waals surface area contributed by atoms with Gasteiger partial charge in [-0.25, -0.2) is 5.43 Å². The Bertz CT molecular complexity index is 1320. The van der Waals surface area contributed by atoms with E-state index in [-0.39, 0.29) is 22.4 Å². The van der Waals surface area contributed by atoms with Gasteiger partial charge in [0.15, 0.2) is 0 Å². The third-order valence-electron chi connectivity index (χ3n) is 4.21. The van der Waals surface area contributed by atoms with Crippen molar-refractivity contribution in [3.8, 4) is 17.0 Å². The second-order valence-corrected chi connectivity index (χ2v) is 7.77. The fraction of sp³-hybridized carbons (Fsp3) is 0.0500. The maximum atomic E-state index is 12.1. The number of nitrogens with one attached hydrogen (secondary N) is 1. The number of tetrazole rings is 1. The number of carbonyl (C=O) groups excluding carboxylic acids is 1. The van der Waals surface area contributed by atoms with Crippen molar-refractivity contribution in [1.29, 1.82) is 0 Å². The van der Waals surface area contributed by atoms with Crippen molar-refractivity contribution < 1.29 is 14.1 Å². The van der Waals surface area contributed by atoms with E-state index in [1.54, 1.807) is 18.2 Å². The fourth-order valence-corrected chi connectivity index (χ4v) is 3.58. The largest absolute Gasteiger partial charge is 0.455 e. The SMILES string of the molecule is O=C(CSc1nnnn1-c1ccccc1)N/N=C\c1ccc(-c2ccc(Cl)c([N+](=O)[O-])c2)o1. The third-order valence-corrected chi connectivity index (χ3v) is 5.45. The molecule has 0 bridgehead atoms. The monoisotopic (exact) mass is 483 g/mol. The van der Waals surface area contributed by atoms with Gasteiger partial charge in [0.2, 0.25) is 5.16 Å². The molecule has 11 nitrogen and oxygen atoms in total. The van der Waals surface area contributed by atoms with Crippen molar-refractivity contribution >= 4 is 41.2 Å². The van der Waals surface area contributed by atoms with Crippen molar-refractivity contribution in [1.82, 2.24) is 25.6 Å². The lowest BCUT2D eigenvalue weighted by molar-refractivity contribution is -0.384. The van der Waals surface area contributed by atoms with Crippen LogP contribution in [0.4, 0.5) is 5.69 Å². The molecule has 166 valence electrons. The summed E-state index contributed by atoms with van der Waals surface area (Å²) in [5.74, 6) is 0.427. The van der Waals surface area contributed by atoms with E-state index >= 15 is 0 Å². The Morgan fingerprint density at radius 1 is 1.24 bits per heavy atom. The quantitative estimate of drug-likeness (QED) is 0.173. The highest BCUT2D eigenvalue weighted by atomic mass is 35.5. The molecule has 0 aliphatic rings. The van der Waals surface area contributed by atoms with Gasteiger partial charge in [-0.05, 0) is 46.8 Å². The van der Waals surface area contributed by atoms with Crippen LogP contribution in [0.2, 0.25) is 5.02 Å². The highest BCUT2D eigenvalue weighted by Crippen LogP contribution is 2.31. The first kappa shape index (κ1) is 22.2. The molecule has 0 fully saturated rings. The number of rotatable bonds is 8. The van der Waals surface area contributed by atoms with Crippen LogP contribution in [-0.4, -0.2) is 43.0 Å². The molecule has 4 rings (SSSR count). The third kappa shape index (κ3) is 5.42. The minimum atomic E-state index is -0.566. The van der Waals surface area contributed by atoms with E-state index in [4.69, 9.17) is 16.0 Å². The van der Waals surface area contributed by atoms with Crippen LogP contribution >= 0.6 is 23.4 Å². The van der Waals surface area contributed by atoms with Crippen molar-refractivity contribution in [3.05, 3.63) is 81.6 Å². The molecule has 0 aliphatic heterocycles. The number of aromatic nitrogens is 4.